The zero-order chi connectivity index (χ0) is 12.1. The molecule has 0 saturated heterocycles. The molecule has 1 aromatic carbocycles. The van der Waals surface area contributed by atoms with Gasteiger partial charge in [-0.05, 0) is 24.7 Å². The summed E-state index contributed by atoms with van der Waals surface area (Å²) in [6.07, 6.45) is -0.770. The van der Waals surface area contributed by atoms with Gasteiger partial charge in [0, 0.05) is 6.54 Å². The predicted molar refractivity (Wildman–Crippen MR) is 58.3 cm³/mol. The minimum absolute atomic E-state index is 0.128. The predicted octanol–water partition coefficient (Wildman–Crippen LogP) is 0.525. The first-order valence-electron chi connectivity index (χ1n) is 4.77. The standard InChI is InChI=1S/C11H14N2O3/c1-13-6-10(15)7-3-8(5-12)11(16-2)9(14)4-7/h3-4,10,13-15H,6H2,1-2H3. The summed E-state index contributed by atoms with van der Waals surface area (Å²) in [5.74, 6) is -0.0189. The van der Waals surface area contributed by atoms with E-state index in [1.54, 1.807) is 7.05 Å². The zero-order valence-electron chi connectivity index (χ0n) is 9.19. The average molecular weight is 222 g/mol. The number of nitrogens with one attached hydrogen (secondary N) is 1. The maximum absolute atomic E-state index is 9.70. The number of phenolic OH excluding ortho intramolecular Hbond substituents is 1. The number of hydrogen-bond acceptors (Lipinski definition) is 5. The summed E-state index contributed by atoms with van der Waals surface area (Å²) in [4.78, 5) is 0. The van der Waals surface area contributed by atoms with Gasteiger partial charge in [-0.15, -0.1) is 0 Å². The minimum atomic E-state index is -0.770. The molecular weight excluding hydrogens is 208 g/mol. The number of likely N-dealkylation sites (N-methyl/N-ethyl adjacent to an activating group) is 1. The molecule has 0 spiro atoms. The van der Waals surface area contributed by atoms with E-state index in [0.717, 1.165) is 0 Å². The smallest absolute Gasteiger partial charge is 0.178 e. The summed E-state index contributed by atoms with van der Waals surface area (Å²) >= 11 is 0. The number of methoxy groups -OCH3 is 1. The third-order valence-corrected chi connectivity index (χ3v) is 2.20. The number of aliphatic hydroxyl groups excluding tert-OH is 1. The molecule has 0 aliphatic carbocycles. The molecule has 1 aromatic rings. The van der Waals surface area contributed by atoms with Crippen LogP contribution in [0.2, 0.25) is 0 Å². The number of ether oxygens (including phenoxy) is 1. The Morgan fingerprint density at radius 3 is 2.75 bits per heavy atom. The molecule has 0 saturated carbocycles. The summed E-state index contributed by atoms with van der Waals surface area (Å²) in [5, 5.41) is 31.0. The van der Waals surface area contributed by atoms with Crippen molar-refractivity contribution in [3.8, 4) is 17.6 Å². The fraction of sp³-hybridized carbons (Fsp3) is 0.364. The van der Waals surface area contributed by atoms with Crippen LogP contribution in [-0.4, -0.2) is 30.9 Å². The highest BCUT2D eigenvalue weighted by molar-refractivity contribution is 5.54. The molecule has 0 aromatic heterocycles. The first-order valence-corrected chi connectivity index (χ1v) is 4.77. The zero-order valence-corrected chi connectivity index (χ0v) is 9.19. The van der Waals surface area contributed by atoms with E-state index in [1.165, 1.54) is 19.2 Å². The molecule has 1 rings (SSSR count). The Morgan fingerprint density at radius 1 is 1.56 bits per heavy atom. The van der Waals surface area contributed by atoms with Crippen molar-refractivity contribution in [3.63, 3.8) is 0 Å². The monoisotopic (exact) mass is 222 g/mol. The van der Waals surface area contributed by atoms with Crippen LogP contribution in [0.5, 0.6) is 11.5 Å². The van der Waals surface area contributed by atoms with E-state index >= 15 is 0 Å². The second kappa shape index (κ2) is 5.35. The summed E-state index contributed by atoms with van der Waals surface area (Å²) in [6.45, 7) is 0.344. The quantitative estimate of drug-likeness (QED) is 0.691. The van der Waals surface area contributed by atoms with Crippen LogP contribution in [0.4, 0.5) is 0 Å². The fourth-order valence-corrected chi connectivity index (χ4v) is 1.44. The van der Waals surface area contributed by atoms with Gasteiger partial charge < -0.3 is 20.3 Å². The van der Waals surface area contributed by atoms with Crippen LogP contribution in [0.15, 0.2) is 12.1 Å². The van der Waals surface area contributed by atoms with Gasteiger partial charge in [-0.1, -0.05) is 0 Å². The van der Waals surface area contributed by atoms with Gasteiger partial charge in [-0.2, -0.15) is 5.26 Å². The summed E-state index contributed by atoms with van der Waals surface area (Å²) in [6, 6.07) is 4.80. The number of benzene rings is 1. The van der Waals surface area contributed by atoms with Crippen LogP contribution in [0.3, 0.4) is 0 Å². The maximum Gasteiger partial charge on any atom is 0.178 e. The third-order valence-electron chi connectivity index (χ3n) is 2.20. The van der Waals surface area contributed by atoms with E-state index in [4.69, 9.17) is 10.00 Å². The highest BCUT2D eigenvalue weighted by Crippen LogP contribution is 2.32. The second-order valence-electron chi connectivity index (χ2n) is 3.31. The van der Waals surface area contributed by atoms with Gasteiger partial charge in [-0.25, -0.2) is 0 Å². The van der Waals surface area contributed by atoms with Crippen LogP contribution in [0.1, 0.15) is 17.2 Å². The number of phenols is 1. The van der Waals surface area contributed by atoms with Crippen LogP contribution >= 0.6 is 0 Å². The number of aliphatic hydroxyl groups is 1. The van der Waals surface area contributed by atoms with Gasteiger partial charge in [0.1, 0.15) is 6.07 Å². The van der Waals surface area contributed by atoms with E-state index in [2.05, 4.69) is 5.32 Å². The fourth-order valence-electron chi connectivity index (χ4n) is 1.44. The minimum Gasteiger partial charge on any atom is -0.504 e. The third kappa shape index (κ3) is 2.42. The summed E-state index contributed by atoms with van der Waals surface area (Å²) < 4.78 is 4.89. The van der Waals surface area contributed by atoms with Gasteiger partial charge in [0.05, 0.1) is 18.8 Å². The number of hydrogen-bond donors (Lipinski definition) is 3. The van der Waals surface area contributed by atoms with Crippen molar-refractivity contribution < 1.29 is 14.9 Å². The molecule has 0 radical (unpaired) electrons. The lowest BCUT2D eigenvalue weighted by Crippen LogP contribution is -2.16. The molecule has 0 amide bonds. The number of nitrogens with zero attached hydrogens (tertiary/aromatic N) is 1. The van der Waals surface area contributed by atoms with Gasteiger partial charge in [0.15, 0.2) is 11.5 Å². The van der Waals surface area contributed by atoms with Crippen molar-refractivity contribution >= 4 is 0 Å². The Kier molecular flexibility index (Phi) is 4.11. The molecule has 86 valence electrons. The Hall–Kier alpha value is -1.77. The molecule has 5 nitrogen and oxygen atoms in total. The van der Waals surface area contributed by atoms with Crippen molar-refractivity contribution in [2.45, 2.75) is 6.10 Å². The number of rotatable bonds is 4. The molecule has 5 heteroatoms. The van der Waals surface area contributed by atoms with Gasteiger partial charge in [-0.3, -0.25) is 0 Å². The molecule has 0 heterocycles. The first-order chi connectivity index (χ1) is 7.63. The molecule has 1 atom stereocenters. The summed E-state index contributed by atoms with van der Waals surface area (Å²) in [5.41, 5.74) is 0.678. The van der Waals surface area contributed by atoms with E-state index in [-0.39, 0.29) is 17.1 Å². The van der Waals surface area contributed by atoms with Crippen LogP contribution in [-0.2, 0) is 0 Å². The van der Waals surface area contributed by atoms with Crippen molar-refractivity contribution in [1.29, 1.82) is 5.26 Å². The summed E-state index contributed by atoms with van der Waals surface area (Å²) in [7, 11) is 3.08. The first kappa shape index (κ1) is 12.3. The maximum atomic E-state index is 9.70. The van der Waals surface area contributed by atoms with Crippen molar-refractivity contribution in [2.24, 2.45) is 0 Å². The van der Waals surface area contributed by atoms with E-state index in [1.807, 2.05) is 6.07 Å². The Labute approximate surface area is 93.9 Å². The molecule has 16 heavy (non-hydrogen) atoms. The molecule has 1 unspecified atom stereocenters. The highest BCUT2D eigenvalue weighted by Gasteiger charge is 2.14. The van der Waals surface area contributed by atoms with E-state index < -0.39 is 6.10 Å². The number of nitriles is 1. The Balaban J connectivity index is 3.16. The molecule has 0 aliphatic heterocycles. The van der Waals surface area contributed by atoms with Crippen LogP contribution < -0.4 is 10.1 Å². The van der Waals surface area contributed by atoms with E-state index in [0.29, 0.717) is 12.1 Å². The van der Waals surface area contributed by atoms with Crippen LogP contribution in [0.25, 0.3) is 0 Å². The number of aromatic hydroxyl groups is 1. The van der Waals surface area contributed by atoms with Gasteiger partial charge >= 0.3 is 0 Å². The molecule has 0 aliphatic rings. The lowest BCUT2D eigenvalue weighted by atomic mass is 10.0. The van der Waals surface area contributed by atoms with Gasteiger partial charge in [0.25, 0.3) is 0 Å². The Morgan fingerprint density at radius 2 is 2.25 bits per heavy atom. The average Bonchev–Trinajstić information content (AvgIpc) is 2.28. The van der Waals surface area contributed by atoms with Crippen molar-refractivity contribution in [3.05, 3.63) is 23.3 Å². The topological polar surface area (TPSA) is 85.5 Å². The molecule has 0 bridgehead atoms. The van der Waals surface area contributed by atoms with Crippen molar-refractivity contribution in [2.75, 3.05) is 20.7 Å². The SMILES string of the molecule is CNCC(O)c1cc(O)c(OC)c(C#N)c1. The van der Waals surface area contributed by atoms with Crippen molar-refractivity contribution in [1.82, 2.24) is 5.32 Å². The Bertz CT molecular complexity index is 412. The van der Waals surface area contributed by atoms with Gasteiger partial charge in [0.2, 0.25) is 0 Å². The van der Waals surface area contributed by atoms with Crippen LogP contribution in [0, 0.1) is 11.3 Å². The molecular formula is C11H14N2O3. The molecule has 0 fully saturated rings. The highest BCUT2D eigenvalue weighted by atomic mass is 16.5. The lowest BCUT2D eigenvalue weighted by molar-refractivity contribution is 0.177. The normalized spacial score (nSPS) is 11.9. The second-order valence-corrected chi connectivity index (χ2v) is 3.31. The molecule has 3 N–H and O–H groups in total. The van der Waals surface area contributed by atoms with E-state index in [9.17, 15) is 10.2 Å². The lowest BCUT2D eigenvalue weighted by Gasteiger charge is -2.13. The largest absolute Gasteiger partial charge is 0.504 e.